The lowest BCUT2D eigenvalue weighted by atomic mass is 9.97. The van der Waals surface area contributed by atoms with Crippen molar-refractivity contribution >= 4 is 11.7 Å². The maximum atomic E-state index is 14.3. The van der Waals surface area contributed by atoms with E-state index < -0.39 is 17.4 Å². The summed E-state index contributed by atoms with van der Waals surface area (Å²) in [6.45, 7) is -0.265. The Morgan fingerprint density at radius 1 is 0.935 bits per heavy atom. The van der Waals surface area contributed by atoms with Crippen LogP contribution in [-0.2, 0) is 11.2 Å². The van der Waals surface area contributed by atoms with E-state index in [9.17, 15) is 18.4 Å². The Bertz CT molecular complexity index is 1080. The molecule has 0 atom stereocenters. The SMILES string of the molecule is O=C(COc1cccc(CC(=O)c2cc(-c3cccc(F)c3)ccc2F)c1)NCCO. The lowest BCUT2D eigenvalue weighted by molar-refractivity contribution is -0.123. The van der Waals surface area contributed by atoms with Crippen molar-refractivity contribution in [2.75, 3.05) is 19.8 Å². The topological polar surface area (TPSA) is 75.6 Å². The van der Waals surface area contributed by atoms with E-state index in [2.05, 4.69) is 5.32 Å². The van der Waals surface area contributed by atoms with E-state index in [1.54, 1.807) is 36.4 Å². The van der Waals surface area contributed by atoms with Gasteiger partial charge in [-0.05, 0) is 53.1 Å². The van der Waals surface area contributed by atoms with Gasteiger partial charge in [0.05, 0.1) is 12.2 Å². The molecule has 0 heterocycles. The quantitative estimate of drug-likeness (QED) is 0.514. The van der Waals surface area contributed by atoms with Gasteiger partial charge in [0.1, 0.15) is 17.4 Å². The van der Waals surface area contributed by atoms with Gasteiger partial charge >= 0.3 is 0 Å². The summed E-state index contributed by atoms with van der Waals surface area (Å²) in [6.07, 6.45) is -0.0720. The van der Waals surface area contributed by atoms with E-state index in [0.29, 0.717) is 22.4 Å². The highest BCUT2D eigenvalue weighted by atomic mass is 19.1. The average molecular weight is 425 g/mol. The summed E-state index contributed by atoms with van der Waals surface area (Å²) in [5.41, 5.74) is 1.59. The first-order valence-electron chi connectivity index (χ1n) is 9.64. The number of carbonyl (C=O) groups excluding carboxylic acids is 2. The van der Waals surface area contributed by atoms with Crippen LogP contribution in [0.15, 0.2) is 66.7 Å². The molecule has 0 spiro atoms. The zero-order valence-electron chi connectivity index (χ0n) is 16.6. The van der Waals surface area contributed by atoms with Crippen LogP contribution in [0, 0.1) is 11.6 Å². The molecule has 2 N–H and O–H groups in total. The Balaban J connectivity index is 1.71. The summed E-state index contributed by atoms with van der Waals surface area (Å²) in [5, 5.41) is 11.2. The Morgan fingerprint density at radius 3 is 2.48 bits per heavy atom. The van der Waals surface area contributed by atoms with Gasteiger partial charge in [0, 0.05) is 13.0 Å². The number of ether oxygens (including phenoxy) is 1. The monoisotopic (exact) mass is 425 g/mol. The highest BCUT2D eigenvalue weighted by molar-refractivity contribution is 5.98. The molecule has 3 aromatic carbocycles. The van der Waals surface area contributed by atoms with Crippen molar-refractivity contribution in [1.82, 2.24) is 5.32 Å². The van der Waals surface area contributed by atoms with Crippen molar-refractivity contribution in [2.45, 2.75) is 6.42 Å². The fourth-order valence-electron chi connectivity index (χ4n) is 3.01. The molecule has 5 nitrogen and oxygen atoms in total. The molecule has 1 amide bonds. The number of carbonyl (C=O) groups is 2. The van der Waals surface area contributed by atoms with Gasteiger partial charge in [-0.25, -0.2) is 8.78 Å². The molecule has 31 heavy (non-hydrogen) atoms. The molecular weight excluding hydrogens is 404 g/mol. The fourth-order valence-corrected chi connectivity index (χ4v) is 3.01. The van der Waals surface area contributed by atoms with Crippen molar-refractivity contribution in [3.8, 4) is 16.9 Å². The predicted molar refractivity (Wildman–Crippen MR) is 112 cm³/mol. The van der Waals surface area contributed by atoms with Gasteiger partial charge in [0.2, 0.25) is 0 Å². The zero-order valence-corrected chi connectivity index (χ0v) is 16.6. The van der Waals surface area contributed by atoms with Gasteiger partial charge < -0.3 is 15.2 Å². The van der Waals surface area contributed by atoms with Crippen LogP contribution < -0.4 is 10.1 Å². The van der Waals surface area contributed by atoms with Crippen LogP contribution in [-0.4, -0.2) is 36.6 Å². The summed E-state index contributed by atoms with van der Waals surface area (Å²) in [7, 11) is 0. The van der Waals surface area contributed by atoms with Crippen molar-refractivity contribution in [3.05, 3.63) is 89.5 Å². The number of ketones is 1. The molecule has 160 valence electrons. The number of amides is 1. The second-order valence-corrected chi connectivity index (χ2v) is 6.81. The lowest BCUT2D eigenvalue weighted by Gasteiger charge is -2.09. The largest absolute Gasteiger partial charge is 0.484 e. The van der Waals surface area contributed by atoms with Crippen LogP contribution in [0.3, 0.4) is 0 Å². The predicted octanol–water partition coefficient (Wildman–Crippen LogP) is 3.54. The number of nitrogens with one attached hydrogen (secondary N) is 1. The number of Topliss-reactive ketones (excluding diaryl/α,β-unsaturated/α-hetero) is 1. The smallest absolute Gasteiger partial charge is 0.258 e. The molecule has 0 aliphatic rings. The minimum Gasteiger partial charge on any atom is -0.484 e. The van der Waals surface area contributed by atoms with Crippen LogP contribution in [0.5, 0.6) is 5.75 Å². The summed E-state index contributed by atoms with van der Waals surface area (Å²) in [5.74, 6) is -1.51. The van der Waals surface area contributed by atoms with E-state index in [1.165, 1.54) is 30.3 Å². The molecule has 0 bridgehead atoms. The third kappa shape index (κ3) is 6.20. The maximum Gasteiger partial charge on any atom is 0.258 e. The third-order valence-electron chi connectivity index (χ3n) is 4.49. The Hall–Kier alpha value is -3.58. The zero-order chi connectivity index (χ0) is 22.2. The molecule has 0 aliphatic carbocycles. The molecule has 0 fully saturated rings. The van der Waals surface area contributed by atoms with E-state index in [0.717, 1.165) is 0 Å². The van der Waals surface area contributed by atoms with Crippen LogP contribution in [0.4, 0.5) is 8.78 Å². The number of benzene rings is 3. The van der Waals surface area contributed by atoms with Crippen molar-refractivity contribution in [1.29, 1.82) is 0 Å². The van der Waals surface area contributed by atoms with Gasteiger partial charge in [-0.15, -0.1) is 0 Å². The first kappa shape index (κ1) is 22.1. The standard InChI is InChI=1S/C24H21F2NO4/c25-19-5-2-4-17(13-19)18-7-8-22(26)21(14-18)23(29)12-16-3-1-6-20(11-16)31-15-24(30)27-9-10-28/h1-8,11,13-14,28H,9-10,12,15H2,(H,27,30). The Labute approximate surface area is 178 Å². The minimum atomic E-state index is -0.655. The lowest BCUT2D eigenvalue weighted by Crippen LogP contribution is -2.31. The maximum absolute atomic E-state index is 14.3. The number of aliphatic hydroxyl groups is 1. The highest BCUT2D eigenvalue weighted by Gasteiger charge is 2.15. The summed E-state index contributed by atoms with van der Waals surface area (Å²) >= 11 is 0. The van der Waals surface area contributed by atoms with Gasteiger partial charge in [0.25, 0.3) is 5.91 Å². The fraction of sp³-hybridized carbons (Fsp3) is 0.167. The molecule has 0 saturated heterocycles. The van der Waals surface area contributed by atoms with Crippen LogP contribution in [0.25, 0.3) is 11.1 Å². The van der Waals surface area contributed by atoms with Crippen LogP contribution in [0.2, 0.25) is 0 Å². The number of hydrogen-bond donors (Lipinski definition) is 2. The molecular formula is C24H21F2NO4. The Morgan fingerprint density at radius 2 is 1.71 bits per heavy atom. The van der Waals surface area contributed by atoms with Gasteiger partial charge in [-0.3, -0.25) is 9.59 Å². The van der Waals surface area contributed by atoms with E-state index >= 15 is 0 Å². The second kappa shape index (κ2) is 10.4. The molecule has 3 aromatic rings. The summed E-state index contributed by atoms with van der Waals surface area (Å²) in [6, 6.07) is 16.6. The average Bonchev–Trinajstić information content (AvgIpc) is 2.76. The molecule has 0 radical (unpaired) electrons. The Kier molecular flexibility index (Phi) is 7.45. The van der Waals surface area contributed by atoms with E-state index in [1.807, 2.05) is 0 Å². The third-order valence-corrected chi connectivity index (χ3v) is 4.49. The molecule has 0 aliphatic heterocycles. The summed E-state index contributed by atoms with van der Waals surface area (Å²) < 4.78 is 33.2. The van der Waals surface area contributed by atoms with E-state index in [4.69, 9.17) is 9.84 Å². The van der Waals surface area contributed by atoms with Crippen molar-refractivity contribution in [3.63, 3.8) is 0 Å². The van der Waals surface area contributed by atoms with Crippen molar-refractivity contribution < 1.29 is 28.2 Å². The number of halogens is 2. The van der Waals surface area contributed by atoms with Crippen LogP contribution in [0.1, 0.15) is 15.9 Å². The summed E-state index contributed by atoms with van der Waals surface area (Å²) in [4.78, 5) is 24.3. The molecule has 3 rings (SSSR count). The minimum absolute atomic E-state index is 0.0720. The second-order valence-electron chi connectivity index (χ2n) is 6.81. The molecule has 0 aromatic heterocycles. The molecule has 7 heteroatoms. The molecule has 0 unspecified atom stereocenters. The van der Waals surface area contributed by atoms with Crippen LogP contribution >= 0.6 is 0 Å². The van der Waals surface area contributed by atoms with E-state index in [-0.39, 0.29) is 37.6 Å². The first-order valence-corrected chi connectivity index (χ1v) is 9.64. The van der Waals surface area contributed by atoms with Gasteiger partial charge in [-0.2, -0.15) is 0 Å². The van der Waals surface area contributed by atoms with Gasteiger partial charge in [0.15, 0.2) is 12.4 Å². The number of aliphatic hydroxyl groups excluding tert-OH is 1. The highest BCUT2D eigenvalue weighted by Crippen LogP contribution is 2.24. The van der Waals surface area contributed by atoms with Crippen molar-refractivity contribution in [2.24, 2.45) is 0 Å². The van der Waals surface area contributed by atoms with Gasteiger partial charge in [-0.1, -0.05) is 30.3 Å². The normalized spacial score (nSPS) is 10.5. The first-order chi connectivity index (χ1) is 15.0. The number of hydrogen-bond acceptors (Lipinski definition) is 4. The molecule has 0 saturated carbocycles. The number of rotatable bonds is 9.